The Morgan fingerprint density at radius 1 is 1.20 bits per heavy atom. The van der Waals surface area contributed by atoms with Crippen molar-refractivity contribution in [3.8, 4) is 0 Å². The van der Waals surface area contributed by atoms with E-state index < -0.39 is 0 Å². The number of nitrogens with one attached hydrogen (secondary N) is 2. The van der Waals surface area contributed by atoms with Crippen LogP contribution >= 0.6 is 0 Å². The minimum Gasteiger partial charge on any atom is -0.376 e. The molecule has 0 radical (unpaired) electrons. The monoisotopic (exact) mass is 278 g/mol. The summed E-state index contributed by atoms with van der Waals surface area (Å²) in [6, 6.07) is 10.1. The summed E-state index contributed by atoms with van der Waals surface area (Å²) in [5, 5.41) is 5.96. The van der Waals surface area contributed by atoms with Gasteiger partial charge in [-0.2, -0.15) is 0 Å². The Bertz CT molecular complexity index is 381. The van der Waals surface area contributed by atoms with E-state index in [1.807, 2.05) is 44.3 Å². The van der Waals surface area contributed by atoms with Crippen molar-refractivity contribution in [2.24, 2.45) is 11.8 Å². The van der Waals surface area contributed by atoms with E-state index >= 15 is 0 Å². The van der Waals surface area contributed by atoms with Crippen LogP contribution in [0, 0.1) is 11.8 Å². The Morgan fingerprint density at radius 3 is 2.55 bits per heavy atom. The van der Waals surface area contributed by atoms with Crippen molar-refractivity contribution in [3.63, 3.8) is 0 Å². The van der Waals surface area contributed by atoms with Crippen LogP contribution in [0.25, 0.3) is 0 Å². The van der Waals surface area contributed by atoms with Gasteiger partial charge in [-0.1, -0.05) is 44.2 Å². The molecule has 0 aliphatic carbocycles. The van der Waals surface area contributed by atoms with Gasteiger partial charge in [-0.25, -0.2) is 0 Å². The quantitative estimate of drug-likeness (QED) is 0.724. The highest BCUT2D eigenvalue weighted by Crippen LogP contribution is 2.03. The van der Waals surface area contributed by atoms with E-state index in [-0.39, 0.29) is 11.8 Å². The summed E-state index contributed by atoms with van der Waals surface area (Å²) in [7, 11) is 1.85. The molecule has 1 rings (SSSR count). The highest BCUT2D eigenvalue weighted by molar-refractivity contribution is 5.78. The zero-order valence-corrected chi connectivity index (χ0v) is 12.7. The maximum atomic E-state index is 11.7. The van der Waals surface area contributed by atoms with Crippen LogP contribution in [0.2, 0.25) is 0 Å². The van der Waals surface area contributed by atoms with E-state index in [4.69, 9.17) is 4.74 Å². The molecule has 2 atom stereocenters. The maximum Gasteiger partial charge on any atom is 0.224 e. The Hall–Kier alpha value is -1.39. The molecule has 0 saturated carbocycles. The predicted molar refractivity (Wildman–Crippen MR) is 81.4 cm³/mol. The smallest absolute Gasteiger partial charge is 0.224 e. The van der Waals surface area contributed by atoms with Gasteiger partial charge >= 0.3 is 0 Å². The van der Waals surface area contributed by atoms with E-state index in [9.17, 15) is 4.79 Å². The molecule has 1 aromatic rings. The van der Waals surface area contributed by atoms with Crippen molar-refractivity contribution in [1.29, 1.82) is 0 Å². The second-order valence-electron chi connectivity index (χ2n) is 5.31. The molecule has 4 heteroatoms. The molecule has 20 heavy (non-hydrogen) atoms. The number of hydrogen-bond donors (Lipinski definition) is 2. The number of carbonyl (C=O) groups is 1. The van der Waals surface area contributed by atoms with Gasteiger partial charge < -0.3 is 15.4 Å². The van der Waals surface area contributed by atoms with Gasteiger partial charge in [0, 0.05) is 19.0 Å². The van der Waals surface area contributed by atoms with Crippen LogP contribution in [-0.2, 0) is 16.1 Å². The summed E-state index contributed by atoms with van der Waals surface area (Å²) in [5.74, 6) is 0.399. The molecule has 4 nitrogen and oxygen atoms in total. The Kier molecular flexibility index (Phi) is 7.92. The second kappa shape index (κ2) is 9.50. The molecule has 0 spiro atoms. The normalized spacial score (nSPS) is 13.8. The van der Waals surface area contributed by atoms with Crippen molar-refractivity contribution in [3.05, 3.63) is 35.9 Å². The lowest BCUT2D eigenvalue weighted by molar-refractivity contribution is -0.124. The minimum atomic E-state index is -0.00237. The molecule has 2 unspecified atom stereocenters. The van der Waals surface area contributed by atoms with Gasteiger partial charge in [-0.15, -0.1) is 0 Å². The zero-order chi connectivity index (χ0) is 14.8. The molecule has 0 aliphatic rings. The Morgan fingerprint density at radius 2 is 1.90 bits per heavy atom. The van der Waals surface area contributed by atoms with Gasteiger partial charge in [-0.05, 0) is 18.5 Å². The van der Waals surface area contributed by atoms with Gasteiger partial charge in [0.2, 0.25) is 5.91 Å². The lowest BCUT2D eigenvalue weighted by atomic mass is 10.1. The summed E-state index contributed by atoms with van der Waals surface area (Å²) in [5.41, 5.74) is 1.17. The first-order valence-electron chi connectivity index (χ1n) is 7.17. The molecular weight excluding hydrogens is 252 g/mol. The van der Waals surface area contributed by atoms with Crippen LogP contribution in [0.5, 0.6) is 0 Å². The average molecular weight is 278 g/mol. The van der Waals surface area contributed by atoms with Crippen LogP contribution in [0.1, 0.15) is 19.4 Å². The third kappa shape index (κ3) is 6.68. The molecule has 0 fully saturated rings. The average Bonchev–Trinajstić information content (AvgIpc) is 2.46. The first-order chi connectivity index (χ1) is 9.63. The second-order valence-corrected chi connectivity index (χ2v) is 5.31. The van der Waals surface area contributed by atoms with Crippen molar-refractivity contribution in [2.75, 3.05) is 26.7 Å². The summed E-state index contributed by atoms with van der Waals surface area (Å²) in [4.78, 5) is 11.7. The SMILES string of the molecule is CNCC(C)C(=O)NCC(C)COCc1ccccc1. The first-order valence-corrected chi connectivity index (χ1v) is 7.17. The van der Waals surface area contributed by atoms with E-state index in [1.165, 1.54) is 5.56 Å². The van der Waals surface area contributed by atoms with Crippen LogP contribution in [0.3, 0.4) is 0 Å². The lowest BCUT2D eigenvalue weighted by Crippen LogP contribution is -2.37. The molecule has 0 aromatic heterocycles. The highest BCUT2D eigenvalue weighted by atomic mass is 16.5. The molecule has 2 N–H and O–H groups in total. The van der Waals surface area contributed by atoms with E-state index in [1.54, 1.807) is 0 Å². The first kappa shape index (κ1) is 16.7. The third-order valence-electron chi connectivity index (χ3n) is 3.10. The summed E-state index contributed by atoms with van der Waals surface area (Å²) < 4.78 is 5.66. The van der Waals surface area contributed by atoms with E-state index in [0.29, 0.717) is 32.2 Å². The molecule has 0 aliphatic heterocycles. The molecule has 1 amide bonds. The summed E-state index contributed by atoms with van der Waals surface area (Å²) in [6.07, 6.45) is 0. The fraction of sp³-hybridized carbons (Fsp3) is 0.562. The van der Waals surface area contributed by atoms with Crippen molar-refractivity contribution in [1.82, 2.24) is 10.6 Å². The maximum absolute atomic E-state index is 11.7. The largest absolute Gasteiger partial charge is 0.376 e. The Labute approximate surface area is 121 Å². The van der Waals surface area contributed by atoms with E-state index in [2.05, 4.69) is 17.6 Å². The number of ether oxygens (including phenoxy) is 1. The number of benzene rings is 1. The van der Waals surface area contributed by atoms with Crippen molar-refractivity contribution >= 4 is 5.91 Å². The highest BCUT2D eigenvalue weighted by Gasteiger charge is 2.12. The standard InChI is InChI=1S/C16H26N2O2/c1-13(9-18-16(19)14(2)10-17-3)11-20-12-15-7-5-4-6-8-15/h4-8,13-14,17H,9-12H2,1-3H3,(H,18,19). The minimum absolute atomic E-state index is 0.00237. The fourth-order valence-corrected chi connectivity index (χ4v) is 1.86. The summed E-state index contributed by atoms with van der Waals surface area (Å²) in [6.45, 7) is 6.62. The van der Waals surface area contributed by atoms with Crippen LogP contribution in [0.15, 0.2) is 30.3 Å². The molecular formula is C16H26N2O2. The molecule has 0 heterocycles. The van der Waals surface area contributed by atoms with Gasteiger partial charge in [0.15, 0.2) is 0 Å². The molecule has 0 bridgehead atoms. The van der Waals surface area contributed by atoms with Crippen molar-refractivity contribution in [2.45, 2.75) is 20.5 Å². The molecule has 0 saturated heterocycles. The predicted octanol–water partition coefficient (Wildman–Crippen LogP) is 1.81. The van der Waals surface area contributed by atoms with Gasteiger partial charge in [0.1, 0.15) is 0 Å². The lowest BCUT2D eigenvalue weighted by Gasteiger charge is -2.16. The third-order valence-corrected chi connectivity index (χ3v) is 3.10. The fourth-order valence-electron chi connectivity index (χ4n) is 1.86. The molecule has 1 aromatic carbocycles. The topological polar surface area (TPSA) is 50.4 Å². The van der Waals surface area contributed by atoms with Gasteiger partial charge in [0.25, 0.3) is 0 Å². The number of carbonyl (C=O) groups excluding carboxylic acids is 1. The van der Waals surface area contributed by atoms with Gasteiger partial charge in [-0.3, -0.25) is 4.79 Å². The van der Waals surface area contributed by atoms with Crippen molar-refractivity contribution < 1.29 is 9.53 Å². The molecule has 112 valence electrons. The van der Waals surface area contributed by atoms with Crippen LogP contribution < -0.4 is 10.6 Å². The number of amides is 1. The Balaban J connectivity index is 2.14. The summed E-state index contributed by atoms with van der Waals surface area (Å²) >= 11 is 0. The number of rotatable bonds is 9. The van der Waals surface area contributed by atoms with Crippen LogP contribution in [-0.4, -0.2) is 32.7 Å². The van der Waals surface area contributed by atoms with E-state index in [0.717, 1.165) is 0 Å². The van der Waals surface area contributed by atoms with Gasteiger partial charge in [0.05, 0.1) is 13.2 Å². The van der Waals surface area contributed by atoms with Crippen LogP contribution in [0.4, 0.5) is 0 Å². The number of hydrogen-bond acceptors (Lipinski definition) is 3. The zero-order valence-electron chi connectivity index (χ0n) is 12.7.